The Morgan fingerprint density at radius 3 is 2.54 bits per heavy atom. The van der Waals surface area contributed by atoms with Gasteiger partial charge in [-0.15, -0.1) is 11.3 Å². The summed E-state index contributed by atoms with van der Waals surface area (Å²) in [6, 6.07) is 5.69. The minimum atomic E-state index is -3.70. The van der Waals surface area contributed by atoms with Gasteiger partial charge in [0.25, 0.3) is 0 Å². The summed E-state index contributed by atoms with van der Waals surface area (Å²) in [5.74, 6) is 0.283. The van der Waals surface area contributed by atoms with Crippen molar-refractivity contribution in [2.75, 3.05) is 24.5 Å². The quantitative estimate of drug-likeness (QED) is 0.450. The number of hydrogen-bond acceptors (Lipinski definition) is 8. The van der Waals surface area contributed by atoms with E-state index in [4.69, 9.17) is 4.74 Å². The number of hydrogen-bond donors (Lipinski definition) is 3. The van der Waals surface area contributed by atoms with Crippen molar-refractivity contribution in [2.45, 2.75) is 88.4 Å². The van der Waals surface area contributed by atoms with Gasteiger partial charge in [0.2, 0.25) is 10.0 Å². The Kier molecular flexibility index (Phi) is 9.10. The van der Waals surface area contributed by atoms with Crippen LogP contribution in [0.1, 0.15) is 70.2 Å². The molecule has 0 spiro atoms. The van der Waals surface area contributed by atoms with Crippen LogP contribution in [0.15, 0.2) is 29.3 Å². The van der Waals surface area contributed by atoms with E-state index in [1.165, 1.54) is 0 Å². The number of aromatic nitrogens is 1. The predicted octanol–water partition coefficient (Wildman–Crippen LogP) is 4.23. The molecule has 0 bridgehead atoms. The SMILES string of the molecule is CCNS(=O)(=O)c1cc(N2CCC(O)CC2)ccc1-c1cnc([C@H]2CC[C@H](NC(=O)OC(C)C)CC2)s1. The van der Waals surface area contributed by atoms with Crippen molar-refractivity contribution < 1.29 is 23.1 Å². The Morgan fingerprint density at radius 1 is 1.19 bits per heavy atom. The van der Waals surface area contributed by atoms with E-state index in [-0.39, 0.29) is 35.2 Å². The number of benzene rings is 1. The number of amides is 1. The lowest BCUT2D eigenvalue weighted by molar-refractivity contribution is 0.109. The number of rotatable bonds is 8. The second-order valence-electron chi connectivity index (χ2n) is 10.1. The third kappa shape index (κ3) is 7.01. The van der Waals surface area contributed by atoms with Gasteiger partial charge in [0.15, 0.2) is 0 Å². The number of anilines is 1. The van der Waals surface area contributed by atoms with Gasteiger partial charge in [-0.1, -0.05) is 13.0 Å². The largest absolute Gasteiger partial charge is 0.447 e. The van der Waals surface area contributed by atoms with Crippen molar-refractivity contribution in [3.63, 3.8) is 0 Å². The predicted molar refractivity (Wildman–Crippen MR) is 146 cm³/mol. The molecule has 1 amide bonds. The first-order valence-electron chi connectivity index (χ1n) is 13.2. The van der Waals surface area contributed by atoms with E-state index in [9.17, 15) is 18.3 Å². The molecule has 1 aliphatic carbocycles. The molecule has 0 unspecified atom stereocenters. The summed E-state index contributed by atoms with van der Waals surface area (Å²) in [4.78, 5) is 19.8. The summed E-state index contributed by atoms with van der Waals surface area (Å²) in [6.45, 7) is 7.12. The number of nitrogens with zero attached hydrogens (tertiary/aromatic N) is 2. The zero-order valence-electron chi connectivity index (χ0n) is 21.8. The Morgan fingerprint density at radius 2 is 1.89 bits per heavy atom. The summed E-state index contributed by atoms with van der Waals surface area (Å²) < 4.78 is 34.2. The first kappa shape index (κ1) is 27.8. The average Bonchev–Trinajstić information content (AvgIpc) is 3.34. The standard InChI is InChI=1S/C26H38N4O5S2/c1-4-28-37(33,34)24-15-20(30-13-11-21(31)12-14-30)9-10-22(24)23-16-27-25(36-23)18-5-7-19(8-6-18)29-26(32)35-17(2)3/h9-10,15-19,21,28,31H,4-8,11-14H2,1-3H3,(H,29,32)/t18-,19-. The summed E-state index contributed by atoms with van der Waals surface area (Å²) in [7, 11) is -3.70. The van der Waals surface area contributed by atoms with Crippen LogP contribution in [-0.2, 0) is 14.8 Å². The molecule has 1 saturated heterocycles. The maximum atomic E-state index is 13.2. The highest BCUT2D eigenvalue weighted by atomic mass is 32.2. The van der Waals surface area contributed by atoms with E-state index in [2.05, 4.69) is 19.9 Å². The second kappa shape index (κ2) is 12.1. The van der Waals surface area contributed by atoms with Crippen LogP contribution in [0.4, 0.5) is 10.5 Å². The molecule has 4 rings (SSSR count). The zero-order valence-corrected chi connectivity index (χ0v) is 23.4. The molecule has 0 radical (unpaired) electrons. The molecule has 9 nitrogen and oxygen atoms in total. The van der Waals surface area contributed by atoms with Gasteiger partial charge in [0.05, 0.1) is 27.0 Å². The van der Waals surface area contributed by atoms with Crippen molar-refractivity contribution in [2.24, 2.45) is 0 Å². The third-order valence-corrected chi connectivity index (χ3v) is 9.73. The highest BCUT2D eigenvalue weighted by Crippen LogP contribution is 2.40. The molecule has 2 aliphatic rings. The van der Waals surface area contributed by atoms with Gasteiger partial charge in [-0.3, -0.25) is 0 Å². The van der Waals surface area contributed by atoms with Gasteiger partial charge in [-0.2, -0.15) is 0 Å². The van der Waals surface area contributed by atoms with Crippen LogP contribution < -0.4 is 14.9 Å². The van der Waals surface area contributed by atoms with Crippen LogP contribution in [0, 0.1) is 0 Å². The van der Waals surface area contributed by atoms with Crippen molar-refractivity contribution in [1.29, 1.82) is 0 Å². The molecule has 1 aliphatic heterocycles. The highest BCUT2D eigenvalue weighted by molar-refractivity contribution is 7.89. The number of nitrogens with one attached hydrogen (secondary N) is 2. The van der Waals surface area contributed by atoms with Crippen LogP contribution in [0.3, 0.4) is 0 Å². The lowest BCUT2D eigenvalue weighted by Crippen LogP contribution is -2.38. The van der Waals surface area contributed by atoms with Gasteiger partial charge in [-0.05, 0) is 64.5 Å². The number of aliphatic hydroxyl groups excluding tert-OH is 1. The lowest BCUT2D eigenvalue weighted by Gasteiger charge is -2.32. The zero-order chi connectivity index (χ0) is 26.6. The van der Waals surface area contributed by atoms with E-state index in [1.54, 1.807) is 30.5 Å². The fraction of sp³-hybridized carbons (Fsp3) is 0.615. The Labute approximate surface area is 223 Å². The fourth-order valence-corrected chi connectivity index (χ4v) is 7.50. The van der Waals surface area contributed by atoms with E-state index in [1.807, 2.05) is 26.0 Å². The van der Waals surface area contributed by atoms with Crippen molar-refractivity contribution >= 4 is 33.1 Å². The highest BCUT2D eigenvalue weighted by Gasteiger charge is 2.28. The molecule has 2 fully saturated rings. The van der Waals surface area contributed by atoms with E-state index in [0.29, 0.717) is 38.0 Å². The third-order valence-electron chi connectivity index (χ3n) is 6.95. The van der Waals surface area contributed by atoms with Crippen molar-refractivity contribution in [1.82, 2.24) is 15.0 Å². The molecule has 1 aromatic carbocycles. The maximum absolute atomic E-state index is 13.2. The molecule has 0 atom stereocenters. The molecule has 3 N–H and O–H groups in total. The first-order chi connectivity index (χ1) is 17.7. The number of thiazole rings is 1. The summed E-state index contributed by atoms with van der Waals surface area (Å²) >= 11 is 1.54. The summed E-state index contributed by atoms with van der Waals surface area (Å²) in [6.07, 6.45) is 5.83. The molecular weight excluding hydrogens is 512 g/mol. The summed E-state index contributed by atoms with van der Waals surface area (Å²) in [5, 5.41) is 13.8. The van der Waals surface area contributed by atoms with Gasteiger partial charge in [0.1, 0.15) is 0 Å². The number of ether oxygens (including phenoxy) is 1. The minimum Gasteiger partial charge on any atom is -0.447 e. The van der Waals surface area contributed by atoms with E-state index < -0.39 is 10.0 Å². The molecule has 1 saturated carbocycles. The van der Waals surface area contributed by atoms with Crippen LogP contribution >= 0.6 is 11.3 Å². The van der Waals surface area contributed by atoms with Crippen LogP contribution in [0.25, 0.3) is 10.4 Å². The van der Waals surface area contributed by atoms with Crippen LogP contribution in [0.2, 0.25) is 0 Å². The van der Waals surface area contributed by atoms with E-state index >= 15 is 0 Å². The first-order valence-corrected chi connectivity index (χ1v) is 15.5. The Hall–Kier alpha value is -2.21. The number of piperidine rings is 1. The van der Waals surface area contributed by atoms with Crippen molar-refractivity contribution in [3.8, 4) is 10.4 Å². The number of aliphatic hydroxyl groups is 1. The van der Waals surface area contributed by atoms with E-state index in [0.717, 1.165) is 41.3 Å². The number of alkyl carbamates (subject to hydrolysis) is 1. The molecule has 1 aromatic heterocycles. The number of carbonyl (C=O) groups is 1. The molecule has 37 heavy (non-hydrogen) atoms. The summed E-state index contributed by atoms with van der Waals surface area (Å²) in [5.41, 5.74) is 1.50. The number of sulfonamides is 1. The normalized spacial score (nSPS) is 21.3. The molecule has 11 heteroatoms. The maximum Gasteiger partial charge on any atom is 0.407 e. The minimum absolute atomic E-state index is 0.0993. The monoisotopic (exact) mass is 550 g/mol. The van der Waals surface area contributed by atoms with Crippen LogP contribution in [0.5, 0.6) is 0 Å². The average molecular weight is 551 g/mol. The molecule has 2 heterocycles. The van der Waals surface area contributed by atoms with Gasteiger partial charge < -0.3 is 20.1 Å². The van der Waals surface area contributed by atoms with Crippen LogP contribution in [-0.4, -0.2) is 62.5 Å². The molecule has 204 valence electrons. The molecule has 2 aromatic rings. The van der Waals surface area contributed by atoms with Crippen molar-refractivity contribution in [3.05, 3.63) is 29.4 Å². The molecular formula is C26H38N4O5S2. The van der Waals surface area contributed by atoms with Gasteiger partial charge in [0, 0.05) is 49.0 Å². The van der Waals surface area contributed by atoms with Gasteiger partial charge >= 0.3 is 6.09 Å². The van der Waals surface area contributed by atoms with Gasteiger partial charge in [-0.25, -0.2) is 22.9 Å². The Balaban J connectivity index is 1.51. The fourth-order valence-electron chi connectivity index (χ4n) is 5.03. The Bertz CT molecular complexity index is 1170. The number of carbonyl (C=O) groups excluding carboxylic acids is 1. The lowest BCUT2D eigenvalue weighted by atomic mass is 9.86. The topological polar surface area (TPSA) is 121 Å². The second-order valence-corrected chi connectivity index (χ2v) is 12.9. The smallest absolute Gasteiger partial charge is 0.407 e.